The Kier molecular flexibility index (Phi) is 11.5. The van der Waals surface area contributed by atoms with Crippen LogP contribution in [0.5, 0.6) is 0 Å². The summed E-state index contributed by atoms with van der Waals surface area (Å²) in [7, 11) is 0. The molecule has 84 heavy (non-hydrogen) atoms. The van der Waals surface area contributed by atoms with Gasteiger partial charge in [-0.3, -0.25) is 37.4 Å². The summed E-state index contributed by atoms with van der Waals surface area (Å²) in [5.41, 5.74) is 5.99. The molecule has 3 N–H and O–H groups in total. The number of fused-ring (bicyclic) bond motifs is 6. The van der Waals surface area contributed by atoms with E-state index in [1.54, 1.807) is 39.5 Å². The fourth-order valence-corrected chi connectivity index (χ4v) is 12.1. The maximum absolute atomic E-state index is 15.3. The highest BCUT2D eigenvalue weighted by atomic mass is 16.3. The number of aromatic nitrogens is 10. The van der Waals surface area contributed by atoms with Gasteiger partial charge in [-0.1, -0.05) is 116 Å². The van der Waals surface area contributed by atoms with Crippen LogP contribution in [-0.4, -0.2) is 62.7 Å². The minimum absolute atomic E-state index is 0.0853. The highest BCUT2D eigenvalue weighted by molar-refractivity contribution is 5.98. The number of hydrogen-bond acceptors (Lipinski definition) is 11. The fraction of sp³-hybridized carbons (Fsp3) is 0.0746. The van der Waals surface area contributed by atoms with Crippen LogP contribution >= 0.6 is 0 Å². The van der Waals surface area contributed by atoms with E-state index in [0.717, 1.165) is 20.2 Å². The van der Waals surface area contributed by atoms with Gasteiger partial charge in [-0.25, -0.2) is 29.1 Å². The second-order valence-corrected chi connectivity index (χ2v) is 20.8. The third-order valence-corrected chi connectivity index (χ3v) is 16.0. The predicted octanol–water partition coefficient (Wildman–Crippen LogP) is 9.46. The molecule has 0 aliphatic rings. The summed E-state index contributed by atoms with van der Waals surface area (Å²) in [6.07, 6.45) is -1.20. The fourth-order valence-electron chi connectivity index (χ4n) is 12.1. The van der Waals surface area contributed by atoms with Crippen LogP contribution in [-0.2, 0) is 13.2 Å². The minimum Gasteiger partial charge on any atom is -0.388 e. The topological polar surface area (TPSA) is 210 Å². The third kappa shape index (κ3) is 7.67. The van der Waals surface area contributed by atoms with Crippen molar-refractivity contribution in [3.05, 3.63) is 282 Å². The van der Waals surface area contributed by atoms with E-state index >= 15 is 19.2 Å². The van der Waals surface area contributed by atoms with Crippen molar-refractivity contribution in [1.29, 1.82) is 0 Å². The molecule has 0 saturated carbocycles. The van der Waals surface area contributed by atoms with Crippen molar-refractivity contribution in [3.8, 4) is 34.1 Å². The molecule has 0 spiro atoms. The third-order valence-electron chi connectivity index (χ3n) is 16.0. The highest BCUT2D eigenvalue weighted by Gasteiger charge is 2.28. The number of rotatable bonds is 12. The van der Waals surface area contributed by atoms with Crippen molar-refractivity contribution in [1.82, 2.24) is 47.3 Å². The summed E-state index contributed by atoms with van der Waals surface area (Å²) in [6.45, 7) is 1.18. The molecule has 17 heteroatoms. The van der Waals surface area contributed by atoms with E-state index in [1.165, 1.54) is 12.1 Å². The van der Waals surface area contributed by atoms with Gasteiger partial charge in [0.05, 0.1) is 99.8 Å². The van der Waals surface area contributed by atoms with Gasteiger partial charge in [0, 0.05) is 5.92 Å². The maximum atomic E-state index is 15.3. The monoisotopic (exact) mass is 1100 g/mol. The van der Waals surface area contributed by atoms with E-state index < -0.39 is 41.6 Å². The van der Waals surface area contributed by atoms with Crippen molar-refractivity contribution in [2.75, 3.05) is 0 Å². The zero-order chi connectivity index (χ0) is 57.1. The van der Waals surface area contributed by atoms with Gasteiger partial charge < -0.3 is 15.3 Å². The van der Waals surface area contributed by atoms with Gasteiger partial charge in [-0.05, 0) is 108 Å². The summed E-state index contributed by atoms with van der Waals surface area (Å²) < 4.78 is 9.39. The quantitative estimate of drug-likeness (QED) is 0.105. The van der Waals surface area contributed by atoms with Gasteiger partial charge in [0.25, 0.3) is 22.2 Å². The molecule has 0 aliphatic heterocycles. The van der Waals surface area contributed by atoms with Crippen molar-refractivity contribution < 1.29 is 15.3 Å². The first-order valence-electron chi connectivity index (χ1n) is 27.2. The molecular formula is C67H46N10O7. The van der Waals surface area contributed by atoms with Crippen LogP contribution in [0.25, 0.3) is 99.8 Å². The van der Waals surface area contributed by atoms with Crippen LogP contribution in [0.2, 0.25) is 0 Å². The molecular weight excluding hydrogens is 1060 g/mol. The van der Waals surface area contributed by atoms with Crippen LogP contribution in [0.4, 0.5) is 0 Å². The number of nitrogens with zero attached hydrogens (tertiary/aromatic N) is 10. The largest absolute Gasteiger partial charge is 0.388 e. The smallest absolute Gasteiger partial charge is 0.266 e. The SMILES string of the molecule is CC(c1ccccc1)c1nc2ccccc2n1-c1cc(-n2c(=O)c3cc4c(=O)n(-c5cc(-n6c(CO)nc7ccccc76)cc(-n6c(CO)nc7ccccc76)c5)c(=O)c4cc3c2=O)cc(-n2c(C(O)c3ccccc3)nc3ccccc32)c1. The normalized spacial score (nSPS) is 12.7. The van der Waals surface area contributed by atoms with Gasteiger partial charge in [-0.15, -0.1) is 0 Å². The Labute approximate surface area is 474 Å². The Morgan fingerprint density at radius 3 is 1.04 bits per heavy atom. The van der Waals surface area contributed by atoms with E-state index in [4.69, 9.17) is 9.97 Å². The maximum Gasteiger partial charge on any atom is 0.266 e. The molecule has 0 fully saturated rings. The van der Waals surface area contributed by atoms with E-state index in [9.17, 15) is 15.3 Å². The second kappa shape index (κ2) is 19.3. The first-order chi connectivity index (χ1) is 41.1. The molecule has 15 rings (SSSR count). The van der Waals surface area contributed by atoms with E-state index in [1.807, 2.05) is 173 Å². The summed E-state index contributed by atoms with van der Waals surface area (Å²) >= 11 is 0. The van der Waals surface area contributed by atoms with Crippen LogP contribution in [0.1, 0.15) is 53.4 Å². The summed E-state index contributed by atoms with van der Waals surface area (Å²) in [5.74, 6) is 1.31. The predicted molar refractivity (Wildman–Crippen MR) is 322 cm³/mol. The molecule has 6 heterocycles. The first kappa shape index (κ1) is 50.0. The standard InChI is InChI=1S/C67H46N10O7/c1-38(39-16-4-2-5-17-39)62-70-53-22-10-14-26-57(53)74(62)43-31-44(75-58-27-15-11-23-54(58)71-63(75)61(80)40-18-6-3-7-19-40)33-46(32-43)77-66(83)49-34-47-48(35-50(49)67(77)84)65(82)76(64(47)81)45-29-41(72-55-24-12-8-20-51(55)68-59(72)36-78)28-42(30-45)73-56-25-13-9-21-52(56)69-60(73)37-79/h2-35,38,61,78-80H,36-37H2,1H3. The van der Waals surface area contributed by atoms with Crippen LogP contribution in [0.3, 0.4) is 0 Å². The molecule has 0 aliphatic carbocycles. The van der Waals surface area contributed by atoms with Gasteiger partial charge in [0.1, 0.15) is 42.6 Å². The zero-order valence-electron chi connectivity index (χ0n) is 44.6. The van der Waals surface area contributed by atoms with Crippen molar-refractivity contribution in [2.45, 2.75) is 32.2 Å². The van der Waals surface area contributed by atoms with Crippen LogP contribution in [0.15, 0.2) is 225 Å². The lowest BCUT2D eigenvalue weighted by molar-refractivity contribution is 0.208. The lowest BCUT2D eigenvalue weighted by Gasteiger charge is -2.19. The Morgan fingerprint density at radius 1 is 0.345 bits per heavy atom. The lowest BCUT2D eigenvalue weighted by atomic mass is 10.0. The summed E-state index contributed by atoms with van der Waals surface area (Å²) in [6, 6.07) is 62.1. The molecule has 15 aromatic rings. The van der Waals surface area contributed by atoms with E-state index in [2.05, 4.69) is 16.9 Å². The molecule has 6 aromatic heterocycles. The van der Waals surface area contributed by atoms with Gasteiger partial charge in [-0.2, -0.15) is 0 Å². The molecule has 17 nitrogen and oxygen atoms in total. The lowest BCUT2D eigenvalue weighted by Crippen LogP contribution is -2.24. The van der Waals surface area contributed by atoms with Crippen LogP contribution in [0, 0.1) is 0 Å². The van der Waals surface area contributed by atoms with Crippen molar-refractivity contribution >= 4 is 65.7 Å². The molecule has 406 valence electrons. The van der Waals surface area contributed by atoms with Crippen molar-refractivity contribution in [2.24, 2.45) is 0 Å². The number of aliphatic hydroxyl groups excluding tert-OH is 3. The average molecular weight is 1100 g/mol. The molecule has 0 bridgehead atoms. The zero-order valence-corrected chi connectivity index (χ0v) is 44.6. The summed E-state index contributed by atoms with van der Waals surface area (Å²) in [4.78, 5) is 80.4. The first-order valence-corrected chi connectivity index (χ1v) is 27.2. The number of para-hydroxylation sites is 8. The number of hydrogen-bond donors (Lipinski definition) is 3. The summed E-state index contributed by atoms with van der Waals surface area (Å²) in [5, 5.41) is 33.2. The molecule has 0 amide bonds. The Morgan fingerprint density at radius 2 is 0.643 bits per heavy atom. The number of benzene rings is 9. The van der Waals surface area contributed by atoms with Crippen molar-refractivity contribution in [3.63, 3.8) is 0 Å². The van der Waals surface area contributed by atoms with E-state index in [0.29, 0.717) is 84.4 Å². The second-order valence-electron chi connectivity index (χ2n) is 20.8. The number of aliphatic hydroxyl groups is 3. The molecule has 0 saturated heterocycles. The molecule has 2 unspecified atom stereocenters. The molecule has 9 aromatic carbocycles. The van der Waals surface area contributed by atoms with Gasteiger partial charge in [0.15, 0.2) is 0 Å². The van der Waals surface area contributed by atoms with Crippen LogP contribution < -0.4 is 22.2 Å². The Hall–Kier alpha value is -11.0. The van der Waals surface area contributed by atoms with Gasteiger partial charge >= 0.3 is 0 Å². The van der Waals surface area contributed by atoms with E-state index in [-0.39, 0.29) is 44.7 Å². The highest BCUT2D eigenvalue weighted by Crippen LogP contribution is 2.36. The molecule has 2 atom stereocenters. The minimum atomic E-state index is -1.20. The molecule has 0 radical (unpaired) electrons. The number of imidazole rings is 4. The Balaban J connectivity index is 0.956. The van der Waals surface area contributed by atoms with Gasteiger partial charge in [0.2, 0.25) is 0 Å². The Bertz CT molecular complexity index is 5070. The average Bonchev–Trinajstić information content (AvgIpc) is 2.85.